The molecule has 6 heteroatoms. The fourth-order valence-corrected chi connectivity index (χ4v) is 3.92. The molecule has 0 spiro atoms. The van der Waals surface area contributed by atoms with Crippen LogP contribution in [0.4, 0.5) is 0 Å². The number of nitrogens with zero attached hydrogens (tertiary/aromatic N) is 1. The first-order valence-corrected chi connectivity index (χ1v) is 10.6. The number of hydrogen-bond donors (Lipinski definition) is 3. The summed E-state index contributed by atoms with van der Waals surface area (Å²) in [6, 6.07) is 6.60. The predicted molar refractivity (Wildman–Crippen MR) is 119 cm³/mol. The molecule has 27 heavy (non-hydrogen) atoms. The number of aliphatic hydroxyl groups is 2. The summed E-state index contributed by atoms with van der Waals surface area (Å²) in [6.07, 6.45) is 7.15. The van der Waals surface area contributed by atoms with Gasteiger partial charge in [0.25, 0.3) is 0 Å². The van der Waals surface area contributed by atoms with Gasteiger partial charge in [0, 0.05) is 19.1 Å². The lowest BCUT2D eigenvalue weighted by atomic mass is 9.82. The molecule has 1 aromatic carbocycles. The van der Waals surface area contributed by atoms with Crippen molar-refractivity contribution in [3.63, 3.8) is 0 Å². The monoisotopic (exact) mass is 407 g/mol. The summed E-state index contributed by atoms with van der Waals surface area (Å²) < 4.78 is 0. The molecule has 1 saturated heterocycles. The molecule has 4 atom stereocenters. The molecule has 0 aliphatic carbocycles. The lowest BCUT2D eigenvalue weighted by Gasteiger charge is -2.42. The standard InChI is InChI=1S/C21H31NO3P2/c1-3-19(27)14-17(8-13-26)21(25)9-11-22(12-10-21)15(2)20(24)16-4-6-18(23)7-5-16/h3-8,14-15,20,23-25H,1,9-13,26-27H2,2H3/b17-8+,19-14+. The summed E-state index contributed by atoms with van der Waals surface area (Å²) in [5, 5.41) is 32.3. The van der Waals surface area contributed by atoms with E-state index in [0.29, 0.717) is 25.9 Å². The molecule has 0 radical (unpaired) electrons. The van der Waals surface area contributed by atoms with Crippen LogP contribution in [0.2, 0.25) is 0 Å². The van der Waals surface area contributed by atoms with Crippen LogP contribution in [0.1, 0.15) is 31.4 Å². The van der Waals surface area contributed by atoms with Gasteiger partial charge in [-0.3, -0.25) is 4.90 Å². The van der Waals surface area contributed by atoms with Crippen molar-refractivity contribution in [2.75, 3.05) is 19.3 Å². The highest BCUT2D eigenvalue weighted by Crippen LogP contribution is 2.34. The van der Waals surface area contributed by atoms with Crippen LogP contribution in [-0.2, 0) is 0 Å². The number of phenolic OH excluding ortho intramolecular Hbond substituents is 1. The number of phenols is 1. The lowest BCUT2D eigenvalue weighted by Crippen LogP contribution is -2.49. The molecule has 1 aliphatic rings. The topological polar surface area (TPSA) is 63.9 Å². The molecule has 4 nitrogen and oxygen atoms in total. The van der Waals surface area contributed by atoms with Crippen molar-refractivity contribution in [2.24, 2.45) is 0 Å². The number of rotatable bonds is 7. The minimum Gasteiger partial charge on any atom is -0.508 e. The highest BCUT2D eigenvalue weighted by molar-refractivity contribution is 7.22. The van der Waals surface area contributed by atoms with Gasteiger partial charge in [0.05, 0.1) is 11.7 Å². The third-order valence-corrected chi connectivity index (χ3v) is 5.96. The molecule has 0 bridgehead atoms. The summed E-state index contributed by atoms with van der Waals surface area (Å²) in [7, 11) is 5.31. The van der Waals surface area contributed by atoms with Crippen molar-refractivity contribution in [2.45, 2.75) is 37.5 Å². The van der Waals surface area contributed by atoms with Gasteiger partial charge in [0.1, 0.15) is 5.75 Å². The van der Waals surface area contributed by atoms with Crippen LogP contribution in [0.15, 0.2) is 60.0 Å². The summed E-state index contributed by atoms with van der Waals surface area (Å²) >= 11 is 0. The van der Waals surface area contributed by atoms with E-state index in [1.807, 2.05) is 19.1 Å². The van der Waals surface area contributed by atoms with Crippen LogP contribution < -0.4 is 0 Å². The summed E-state index contributed by atoms with van der Waals surface area (Å²) in [4.78, 5) is 2.21. The maximum absolute atomic E-state index is 11.2. The van der Waals surface area contributed by atoms with E-state index in [2.05, 4.69) is 30.0 Å². The number of hydrogen-bond acceptors (Lipinski definition) is 4. The SMILES string of the molecule is C=C/C(P)=C\C(=C/CP)C1(O)CCN(C(C)C(O)c2ccc(O)cc2)CC1. The van der Waals surface area contributed by atoms with Crippen LogP contribution in [0, 0.1) is 0 Å². The zero-order chi connectivity index (χ0) is 20.0. The molecular weight excluding hydrogens is 376 g/mol. The number of allylic oxidation sites excluding steroid dienone is 3. The molecule has 0 aromatic heterocycles. The highest BCUT2D eigenvalue weighted by Gasteiger charge is 2.37. The van der Waals surface area contributed by atoms with Crippen molar-refractivity contribution in [3.05, 3.63) is 65.5 Å². The van der Waals surface area contributed by atoms with E-state index in [1.165, 1.54) is 0 Å². The Morgan fingerprint density at radius 1 is 1.30 bits per heavy atom. The van der Waals surface area contributed by atoms with E-state index in [4.69, 9.17) is 0 Å². The molecule has 1 heterocycles. The minimum absolute atomic E-state index is 0.0748. The molecule has 0 amide bonds. The number of piperidine rings is 1. The molecular formula is C21H31NO3P2. The fourth-order valence-electron chi connectivity index (χ4n) is 3.49. The second-order valence-electron chi connectivity index (χ2n) is 7.09. The van der Waals surface area contributed by atoms with Gasteiger partial charge in [0.2, 0.25) is 0 Å². The molecule has 4 unspecified atom stereocenters. The second-order valence-corrected chi connectivity index (χ2v) is 8.23. The number of aromatic hydroxyl groups is 1. The average molecular weight is 407 g/mol. The van der Waals surface area contributed by atoms with E-state index in [-0.39, 0.29) is 11.8 Å². The Hall–Kier alpha value is -1.02. The normalized spacial score (nSPS) is 20.9. The van der Waals surface area contributed by atoms with E-state index >= 15 is 0 Å². The van der Waals surface area contributed by atoms with Gasteiger partial charge in [-0.1, -0.05) is 30.9 Å². The molecule has 3 N–H and O–H groups in total. The van der Waals surface area contributed by atoms with Crippen molar-refractivity contribution < 1.29 is 15.3 Å². The van der Waals surface area contributed by atoms with E-state index in [9.17, 15) is 15.3 Å². The quantitative estimate of drug-likeness (QED) is 0.479. The Morgan fingerprint density at radius 3 is 2.41 bits per heavy atom. The Bertz CT molecular complexity index is 692. The fraction of sp³-hybridized carbons (Fsp3) is 0.429. The maximum Gasteiger partial charge on any atom is 0.115 e. The van der Waals surface area contributed by atoms with Gasteiger partial charge >= 0.3 is 0 Å². The molecule has 2 rings (SSSR count). The Kier molecular flexibility index (Phi) is 8.21. The van der Waals surface area contributed by atoms with Crippen LogP contribution in [-0.4, -0.2) is 51.1 Å². The molecule has 1 fully saturated rings. The Balaban J connectivity index is 2.07. The third-order valence-electron chi connectivity index (χ3n) is 5.33. The van der Waals surface area contributed by atoms with Gasteiger partial charge in [-0.25, -0.2) is 0 Å². The Morgan fingerprint density at radius 2 is 1.89 bits per heavy atom. The van der Waals surface area contributed by atoms with Gasteiger partial charge in [-0.2, -0.15) is 0 Å². The van der Waals surface area contributed by atoms with Gasteiger partial charge in [0.15, 0.2) is 0 Å². The van der Waals surface area contributed by atoms with Crippen LogP contribution >= 0.6 is 18.5 Å². The zero-order valence-electron chi connectivity index (χ0n) is 15.9. The van der Waals surface area contributed by atoms with Gasteiger partial charge < -0.3 is 15.3 Å². The summed E-state index contributed by atoms with van der Waals surface area (Å²) in [6.45, 7) is 7.18. The average Bonchev–Trinajstić information content (AvgIpc) is 2.67. The third kappa shape index (κ3) is 5.73. The minimum atomic E-state index is -0.860. The number of aliphatic hydroxyl groups excluding tert-OH is 1. The largest absolute Gasteiger partial charge is 0.508 e. The van der Waals surface area contributed by atoms with Crippen LogP contribution in [0.25, 0.3) is 0 Å². The lowest BCUT2D eigenvalue weighted by molar-refractivity contribution is -0.0231. The van der Waals surface area contributed by atoms with Crippen molar-refractivity contribution >= 4 is 18.5 Å². The first kappa shape index (κ1) is 22.3. The predicted octanol–water partition coefficient (Wildman–Crippen LogP) is 3.39. The number of likely N-dealkylation sites (tertiary alicyclic amines) is 1. The summed E-state index contributed by atoms with van der Waals surface area (Å²) in [5.74, 6) is 0.191. The van der Waals surface area contributed by atoms with Crippen LogP contribution in [0.3, 0.4) is 0 Å². The highest BCUT2D eigenvalue weighted by atomic mass is 31.0. The van der Waals surface area contributed by atoms with Crippen molar-refractivity contribution in [1.29, 1.82) is 0 Å². The molecule has 148 valence electrons. The van der Waals surface area contributed by atoms with Gasteiger partial charge in [-0.15, -0.1) is 18.5 Å². The second kappa shape index (κ2) is 9.96. The number of benzene rings is 1. The van der Waals surface area contributed by atoms with E-state index < -0.39 is 11.7 Å². The molecule has 0 saturated carbocycles. The van der Waals surface area contributed by atoms with Crippen LogP contribution in [0.5, 0.6) is 5.75 Å². The molecule has 1 aliphatic heterocycles. The van der Waals surface area contributed by atoms with Crippen molar-refractivity contribution in [3.8, 4) is 5.75 Å². The first-order chi connectivity index (χ1) is 12.8. The van der Waals surface area contributed by atoms with E-state index in [1.54, 1.807) is 30.3 Å². The maximum atomic E-state index is 11.2. The van der Waals surface area contributed by atoms with Gasteiger partial charge in [-0.05, 0) is 60.6 Å². The smallest absolute Gasteiger partial charge is 0.115 e. The molecule has 1 aromatic rings. The summed E-state index contributed by atoms with van der Waals surface area (Å²) in [5.41, 5.74) is 0.848. The first-order valence-electron chi connectivity index (χ1n) is 9.24. The van der Waals surface area contributed by atoms with E-state index in [0.717, 1.165) is 22.6 Å². The van der Waals surface area contributed by atoms with Crippen molar-refractivity contribution in [1.82, 2.24) is 4.90 Å². The zero-order valence-corrected chi connectivity index (χ0v) is 18.2. The Labute approximate surface area is 167 Å².